The van der Waals surface area contributed by atoms with Gasteiger partial charge in [-0.15, -0.1) is 0 Å². The number of benzene rings is 1. The molecular weight excluding hydrogens is 194 g/mol. The van der Waals surface area contributed by atoms with E-state index in [1.165, 1.54) is 25.5 Å². The maximum atomic E-state index is 8.37. The summed E-state index contributed by atoms with van der Waals surface area (Å²) in [6, 6.07) is -1.52. The molecule has 1 heteroatoms. The highest BCUT2D eigenvalue weighted by molar-refractivity contribution is 5.61. The molecule has 0 saturated carbocycles. The van der Waals surface area contributed by atoms with Crippen LogP contribution in [0.4, 0.5) is 0 Å². The van der Waals surface area contributed by atoms with Gasteiger partial charge in [0.1, 0.15) is 8.42 Å². The lowest BCUT2D eigenvalue weighted by Gasteiger charge is -2.06. The summed E-state index contributed by atoms with van der Waals surface area (Å²) >= 11 is 0. The Balaban J connectivity index is 3.03. The van der Waals surface area contributed by atoms with Gasteiger partial charge in [0.2, 0.25) is 5.69 Å². The lowest BCUT2D eigenvalue weighted by atomic mass is 10.0. The largest absolute Gasteiger partial charge is 0.212 e. The Bertz CT molecular complexity index is 826. The minimum atomic E-state index is -2.56. The first-order valence-electron chi connectivity index (χ1n) is 9.39. The van der Waals surface area contributed by atoms with Crippen molar-refractivity contribution in [3.8, 4) is 11.3 Å². The van der Waals surface area contributed by atoms with Gasteiger partial charge < -0.3 is 0 Å². The molecule has 0 aliphatic carbocycles. The normalized spacial score (nSPS) is 19.3. The van der Waals surface area contributed by atoms with Crippen LogP contribution in [-0.4, -0.2) is 0 Å². The maximum Gasteiger partial charge on any atom is 0.212 e. The average molecular weight is 221 g/mol. The van der Waals surface area contributed by atoms with Crippen molar-refractivity contribution in [3.63, 3.8) is 0 Å². The summed E-state index contributed by atoms with van der Waals surface area (Å²) in [4.78, 5) is 0. The van der Waals surface area contributed by atoms with Gasteiger partial charge >= 0.3 is 0 Å². The third kappa shape index (κ3) is 1.85. The van der Waals surface area contributed by atoms with Crippen molar-refractivity contribution in [2.24, 2.45) is 7.05 Å². The lowest BCUT2D eigenvalue weighted by molar-refractivity contribution is -0.660. The van der Waals surface area contributed by atoms with Gasteiger partial charge in [-0.3, -0.25) is 0 Å². The van der Waals surface area contributed by atoms with Gasteiger partial charge in [-0.05, 0) is 37.9 Å². The van der Waals surface area contributed by atoms with E-state index < -0.39 is 12.9 Å². The van der Waals surface area contributed by atoms with Crippen molar-refractivity contribution in [1.29, 1.82) is 0 Å². The van der Waals surface area contributed by atoms with Crippen molar-refractivity contribution in [3.05, 3.63) is 53.1 Å². The van der Waals surface area contributed by atoms with Gasteiger partial charge in [0.25, 0.3) is 0 Å². The van der Waals surface area contributed by atoms with E-state index in [1.807, 2.05) is 0 Å². The molecule has 0 unspecified atom stereocenters. The molecule has 1 aromatic heterocycles. The molecule has 0 fully saturated rings. The second-order valence-electron chi connectivity index (χ2n) is 3.64. The fourth-order valence-corrected chi connectivity index (χ4v) is 1.47. The monoisotopic (exact) mass is 221 g/mol. The third-order valence-corrected chi connectivity index (χ3v) is 2.41. The molecule has 0 aliphatic heterocycles. The fourth-order valence-electron chi connectivity index (χ4n) is 1.47. The molecule has 16 heavy (non-hydrogen) atoms. The summed E-state index contributed by atoms with van der Waals surface area (Å²) in [5.74, 6) is 0. The van der Waals surface area contributed by atoms with E-state index in [-0.39, 0.29) is 58.3 Å². The number of aromatic nitrogens is 1. The minimum Gasteiger partial charge on any atom is -0.201 e. The van der Waals surface area contributed by atoms with Gasteiger partial charge in [-0.1, -0.05) is 18.1 Å². The average Bonchev–Trinajstić information content (AvgIpc) is 2.51. The molecule has 0 amide bonds. The smallest absolute Gasteiger partial charge is 0.201 e. The predicted molar refractivity (Wildman–Crippen MR) is 67.3 cm³/mol. The van der Waals surface area contributed by atoms with Gasteiger partial charge in [0.15, 0.2) is 6.17 Å². The zero-order valence-electron chi connectivity index (χ0n) is 18.4. The Kier molecular flexibility index (Phi) is 1.11. The Morgan fingerprint density at radius 2 is 1.88 bits per heavy atom. The Labute approximate surface area is 110 Å². The van der Waals surface area contributed by atoms with Crippen molar-refractivity contribution in [2.75, 3.05) is 0 Å². The van der Waals surface area contributed by atoms with Gasteiger partial charge in [-0.2, -0.15) is 0 Å². The molecule has 2 rings (SSSR count). The highest BCUT2D eigenvalue weighted by Gasteiger charge is 2.13. The van der Waals surface area contributed by atoms with Crippen LogP contribution in [0.25, 0.3) is 11.3 Å². The summed E-state index contributed by atoms with van der Waals surface area (Å²) < 4.78 is 72.3. The van der Waals surface area contributed by atoms with Crippen LogP contribution in [-0.2, 0) is 7.05 Å². The molecule has 1 nitrogen and oxygen atoms in total. The van der Waals surface area contributed by atoms with Crippen LogP contribution in [0.5, 0.6) is 0 Å². The number of rotatable bonds is 1. The van der Waals surface area contributed by atoms with Crippen molar-refractivity contribution >= 4 is 0 Å². The van der Waals surface area contributed by atoms with E-state index >= 15 is 0 Å². The zero-order valence-corrected chi connectivity index (χ0v) is 9.45. The number of hydrogen-bond donors (Lipinski definition) is 0. The minimum absolute atomic E-state index is 0.0972. The molecule has 82 valence electrons. The van der Waals surface area contributed by atoms with E-state index in [4.69, 9.17) is 12.3 Å². The summed E-state index contributed by atoms with van der Waals surface area (Å²) in [5, 5.41) is 0. The Morgan fingerprint density at radius 1 is 1.12 bits per heavy atom. The molecule has 0 radical (unpaired) electrons. The van der Waals surface area contributed by atoms with Gasteiger partial charge in [0.05, 0.1) is 6.85 Å². The van der Waals surface area contributed by atoms with Crippen LogP contribution in [0, 0.1) is 20.7 Å². The molecular formula is C15H18N+. The molecule has 2 aromatic rings. The molecule has 0 aliphatic rings. The van der Waals surface area contributed by atoms with Crippen molar-refractivity contribution < 1.29 is 16.9 Å². The van der Waals surface area contributed by atoms with Gasteiger partial charge in [0, 0.05) is 21.3 Å². The zero-order chi connectivity index (χ0) is 19.4. The highest BCUT2D eigenvalue weighted by atomic mass is 14.9. The topological polar surface area (TPSA) is 3.88 Å². The molecule has 0 saturated heterocycles. The fraction of sp³-hybridized carbons (Fsp3) is 0.267. The molecule has 1 heterocycles. The first kappa shape index (κ1) is 4.33. The van der Waals surface area contributed by atoms with Crippen LogP contribution in [0.1, 0.15) is 29.0 Å². The summed E-state index contributed by atoms with van der Waals surface area (Å²) in [6.45, 7) is 0.397. The van der Waals surface area contributed by atoms with E-state index in [1.54, 1.807) is 0 Å². The van der Waals surface area contributed by atoms with Crippen LogP contribution in [0.15, 0.2) is 36.4 Å². The Hall–Kier alpha value is -1.63. The van der Waals surface area contributed by atoms with Crippen molar-refractivity contribution in [2.45, 2.75) is 20.7 Å². The number of nitrogens with zero attached hydrogens (tertiary/aromatic N) is 1. The second-order valence-corrected chi connectivity index (χ2v) is 3.64. The first-order chi connectivity index (χ1) is 11.3. The van der Waals surface area contributed by atoms with Crippen LogP contribution >= 0.6 is 0 Å². The van der Waals surface area contributed by atoms with E-state index in [9.17, 15) is 0 Å². The summed E-state index contributed by atoms with van der Waals surface area (Å²) in [7, 11) is 1.42. The number of hydrogen-bond acceptors (Lipinski definition) is 0. The van der Waals surface area contributed by atoms with Crippen LogP contribution in [0.2, 0.25) is 0 Å². The predicted octanol–water partition coefficient (Wildman–Crippen LogP) is 3.10. The van der Waals surface area contributed by atoms with E-state index in [0.717, 1.165) is 0 Å². The van der Waals surface area contributed by atoms with E-state index in [0.29, 0.717) is 0 Å². The summed E-state index contributed by atoms with van der Waals surface area (Å²) in [6.07, 6.45) is -0.310. The molecule has 1 aromatic carbocycles. The van der Waals surface area contributed by atoms with Gasteiger partial charge in [-0.25, -0.2) is 4.57 Å². The second kappa shape index (κ2) is 4.09. The molecule has 0 atom stereocenters. The summed E-state index contributed by atoms with van der Waals surface area (Å²) in [5.41, 5.74) is 0.315. The van der Waals surface area contributed by atoms with Crippen molar-refractivity contribution in [1.82, 2.24) is 0 Å². The lowest BCUT2D eigenvalue weighted by Crippen LogP contribution is -2.31. The third-order valence-electron chi connectivity index (χ3n) is 2.41. The van der Waals surface area contributed by atoms with Crippen LogP contribution in [0.3, 0.4) is 0 Å². The highest BCUT2D eigenvalue weighted by Crippen LogP contribution is 2.21. The first-order valence-corrected chi connectivity index (χ1v) is 4.89. The number of pyridine rings is 1. The molecule has 0 bridgehead atoms. The van der Waals surface area contributed by atoms with Crippen LogP contribution < -0.4 is 4.57 Å². The maximum absolute atomic E-state index is 8.37. The van der Waals surface area contributed by atoms with E-state index in [2.05, 4.69) is 0 Å². The quantitative estimate of drug-likeness (QED) is 0.652. The standard InChI is InChI=1S/C15H18N/c1-11-7-5-6-8-14(11)15-9-12(2)13(3)10-16(15)4/h5-10H,1-4H3/q+1/i3D3,5D,6D,7D,8D,9D,10D. The SMILES string of the molecule is [2H]c1c([2H])c([2H])c(-c2c([2H])c(C)c(C([2H])([2H])[2H])c([2H])[n+]2C)c(C)c1[2H]. The molecule has 0 spiro atoms. The molecule has 0 N–H and O–H groups in total. The Morgan fingerprint density at radius 3 is 2.62 bits per heavy atom.